The Balaban J connectivity index is 1.75. The number of hydrogen-bond donors (Lipinski definition) is 1. The van der Waals surface area contributed by atoms with Crippen LogP contribution >= 0.6 is 0 Å². The van der Waals surface area contributed by atoms with Gasteiger partial charge in [-0.25, -0.2) is 8.78 Å². The molecule has 104 valence electrons. The Morgan fingerprint density at radius 1 is 1.32 bits per heavy atom. The van der Waals surface area contributed by atoms with Gasteiger partial charge < -0.3 is 9.84 Å². The third-order valence-corrected chi connectivity index (χ3v) is 4.04. The maximum Gasteiger partial charge on any atom is 0.129 e. The lowest BCUT2D eigenvalue weighted by molar-refractivity contribution is -0.149. The van der Waals surface area contributed by atoms with Crippen LogP contribution in [0.15, 0.2) is 12.1 Å². The Bertz CT molecular complexity index is 483. The van der Waals surface area contributed by atoms with E-state index in [-0.39, 0.29) is 12.0 Å². The summed E-state index contributed by atoms with van der Waals surface area (Å²) in [6.45, 7) is 3.19. The second-order valence-corrected chi connectivity index (χ2v) is 5.64. The second-order valence-electron chi connectivity index (χ2n) is 5.64. The number of halogens is 2. The fraction of sp³-hybridized carbons (Fsp3) is 0.571. The molecule has 3 rings (SSSR count). The van der Waals surface area contributed by atoms with Crippen molar-refractivity contribution in [3.8, 4) is 0 Å². The maximum absolute atomic E-state index is 13.6. The number of ether oxygens (including phenoxy) is 1. The molecule has 0 radical (unpaired) electrons. The molecule has 1 fully saturated rings. The smallest absolute Gasteiger partial charge is 0.129 e. The Morgan fingerprint density at radius 2 is 2.11 bits per heavy atom. The van der Waals surface area contributed by atoms with Gasteiger partial charge in [-0.05, 0) is 23.6 Å². The molecule has 0 aromatic heterocycles. The zero-order chi connectivity index (χ0) is 13.5. The molecule has 0 atom stereocenters. The molecule has 2 heterocycles. The van der Waals surface area contributed by atoms with E-state index in [9.17, 15) is 13.9 Å². The molecule has 1 aromatic carbocycles. The minimum absolute atomic E-state index is 0.0911. The topological polar surface area (TPSA) is 32.7 Å². The SMILES string of the molecule is OCC1(CN2CCc3c(F)cc(F)cc3C2)COC1. The van der Waals surface area contributed by atoms with Crippen molar-refractivity contribution in [3.05, 3.63) is 34.9 Å². The van der Waals surface area contributed by atoms with Gasteiger partial charge in [-0.15, -0.1) is 0 Å². The van der Waals surface area contributed by atoms with Gasteiger partial charge in [0.05, 0.1) is 25.2 Å². The molecule has 1 saturated heterocycles. The van der Waals surface area contributed by atoms with E-state index in [0.717, 1.165) is 18.2 Å². The number of aliphatic hydroxyl groups is 1. The predicted molar refractivity (Wildman–Crippen MR) is 65.7 cm³/mol. The lowest BCUT2D eigenvalue weighted by Crippen LogP contribution is -2.54. The third-order valence-electron chi connectivity index (χ3n) is 4.04. The fourth-order valence-corrected chi connectivity index (χ4v) is 2.90. The van der Waals surface area contributed by atoms with Crippen LogP contribution in [0.2, 0.25) is 0 Å². The summed E-state index contributed by atoms with van der Waals surface area (Å²) in [5.74, 6) is -0.972. The van der Waals surface area contributed by atoms with Crippen molar-refractivity contribution in [2.24, 2.45) is 5.41 Å². The summed E-state index contributed by atoms with van der Waals surface area (Å²) in [7, 11) is 0. The zero-order valence-electron chi connectivity index (χ0n) is 10.7. The summed E-state index contributed by atoms with van der Waals surface area (Å²) in [4.78, 5) is 2.14. The van der Waals surface area contributed by atoms with Crippen LogP contribution in [0.25, 0.3) is 0 Å². The van der Waals surface area contributed by atoms with Crippen LogP contribution in [0.4, 0.5) is 8.78 Å². The van der Waals surface area contributed by atoms with Crippen LogP contribution in [-0.2, 0) is 17.7 Å². The Hall–Kier alpha value is -1.04. The highest BCUT2D eigenvalue weighted by molar-refractivity contribution is 5.31. The summed E-state index contributed by atoms with van der Waals surface area (Å²) >= 11 is 0. The van der Waals surface area contributed by atoms with Crippen LogP contribution < -0.4 is 0 Å². The summed E-state index contributed by atoms with van der Waals surface area (Å²) in [6.07, 6.45) is 0.587. The van der Waals surface area contributed by atoms with E-state index in [0.29, 0.717) is 38.3 Å². The first kappa shape index (κ1) is 13.0. The predicted octanol–water partition coefficient (Wildman–Crippen LogP) is 1.33. The molecule has 0 saturated carbocycles. The van der Waals surface area contributed by atoms with E-state index in [4.69, 9.17) is 4.74 Å². The Kier molecular flexibility index (Phi) is 3.28. The lowest BCUT2D eigenvalue weighted by atomic mass is 9.85. The van der Waals surface area contributed by atoms with Gasteiger partial charge in [0, 0.05) is 25.7 Å². The standard InChI is InChI=1S/C14H17F2NO2/c15-11-3-10-5-17(2-1-12(10)13(16)4-11)6-14(7-18)8-19-9-14/h3-4,18H,1-2,5-9H2. The van der Waals surface area contributed by atoms with E-state index in [2.05, 4.69) is 4.90 Å². The average molecular weight is 269 g/mol. The number of rotatable bonds is 3. The van der Waals surface area contributed by atoms with Crippen molar-refractivity contribution in [2.75, 3.05) is 32.9 Å². The average Bonchev–Trinajstić information content (AvgIpc) is 2.33. The molecule has 0 amide bonds. The van der Waals surface area contributed by atoms with Crippen LogP contribution in [0.5, 0.6) is 0 Å². The van der Waals surface area contributed by atoms with Gasteiger partial charge in [0.2, 0.25) is 0 Å². The number of hydrogen-bond acceptors (Lipinski definition) is 3. The van der Waals surface area contributed by atoms with Gasteiger partial charge in [-0.2, -0.15) is 0 Å². The summed E-state index contributed by atoms with van der Waals surface area (Å²) in [5.41, 5.74) is 1.15. The second kappa shape index (κ2) is 4.81. The molecule has 3 nitrogen and oxygen atoms in total. The number of nitrogens with zero attached hydrogens (tertiary/aromatic N) is 1. The van der Waals surface area contributed by atoms with Crippen molar-refractivity contribution >= 4 is 0 Å². The van der Waals surface area contributed by atoms with E-state index >= 15 is 0 Å². The molecule has 19 heavy (non-hydrogen) atoms. The van der Waals surface area contributed by atoms with Gasteiger partial charge in [-0.1, -0.05) is 0 Å². The normalized spacial score (nSPS) is 21.8. The number of benzene rings is 1. The summed E-state index contributed by atoms with van der Waals surface area (Å²) in [5, 5.41) is 9.42. The third kappa shape index (κ3) is 2.38. The van der Waals surface area contributed by atoms with E-state index in [1.165, 1.54) is 6.07 Å². The van der Waals surface area contributed by atoms with E-state index < -0.39 is 11.6 Å². The molecule has 5 heteroatoms. The van der Waals surface area contributed by atoms with Gasteiger partial charge in [-0.3, -0.25) is 4.90 Å². The highest BCUT2D eigenvalue weighted by atomic mass is 19.1. The molecule has 2 aliphatic rings. The molecule has 0 aliphatic carbocycles. The lowest BCUT2D eigenvalue weighted by Gasteiger charge is -2.44. The Labute approximate surface area is 110 Å². The molecular formula is C14H17F2NO2. The van der Waals surface area contributed by atoms with Gasteiger partial charge in [0.15, 0.2) is 0 Å². The minimum Gasteiger partial charge on any atom is -0.396 e. The van der Waals surface area contributed by atoms with Crippen LogP contribution in [0, 0.1) is 17.0 Å². The highest BCUT2D eigenvalue weighted by Gasteiger charge is 2.40. The highest BCUT2D eigenvalue weighted by Crippen LogP contribution is 2.31. The van der Waals surface area contributed by atoms with Crippen molar-refractivity contribution in [2.45, 2.75) is 13.0 Å². The van der Waals surface area contributed by atoms with Crippen LogP contribution in [0.3, 0.4) is 0 Å². The molecular weight excluding hydrogens is 252 g/mol. The van der Waals surface area contributed by atoms with Crippen LogP contribution in [-0.4, -0.2) is 42.9 Å². The first-order valence-electron chi connectivity index (χ1n) is 6.50. The molecule has 0 spiro atoms. The molecule has 1 aromatic rings. The number of aliphatic hydroxyl groups excluding tert-OH is 1. The van der Waals surface area contributed by atoms with Crippen LogP contribution in [0.1, 0.15) is 11.1 Å². The van der Waals surface area contributed by atoms with E-state index in [1.807, 2.05) is 0 Å². The van der Waals surface area contributed by atoms with Gasteiger partial charge in [0.25, 0.3) is 0 Å². The van der Waals surface area contributed by atoms with Crippen molar-refractivity contribution in [3.63, 3.8) is 0 Å². The molecule has 0 bridgehead atoms. The first-order valence-corrected chi connectivity index (χ1v) is 6.50. The zero-order valence-corrected chi connectivity index (χ0v) is 10.7. The summed E-state index contributed by atoms with van der Waals surface area (Å²) in [6, 6.07) is 2.36. The fourth-order valence-electron chi connectivity index (χ4n) is 2.90. The Morgan fingerprint density at radius 3 is 2.74 bits per heavy atom. The van der Waals surface area contributed by atoms with Crippen molar-refractivity contribution < 1.29 is 18.6 Å². The largest absolute Gasteiger partial charge is 0.396 e. The number of fused-ring (bicyclic) bond motifs is 1. The van der Waals surface area contributed by atoms with Gasteiger partial charge in [0.1, 0.15) is 11.6 Å². The molecule has 2 aliphatic heterocycles. The first-order chi connectivity index (χ1) is 9.12. The molecule has 0 unspecified atom stereocenters. The van der Waals surface area contributed by atoms with Gasteiger partial charge >= 0.3 is 0 Å². The monoisotopic (exact) mass is 269 g/mol. The quantitative estimate of drug-likeness (QED) is 0.898. The van der Waals surface area contributed by atoms with Crippen molar-refractivity contribution in [1.82, 2.24) is 4.90 Å². The molecule has 1 N–H and O–H groups in total. The maximum atomic E-state index is 13.6. The summed E-state index contributed by atoms with van der Waals surface area (Å²) < 4.78 is 32.0. The minimum atomic E-state index is -0.526. The van der Waals surface area contributed by atoms with Crippen molar-refractivity contribution in [1.29, 1.82) is 0 Å². The van der Waals surface area contributed by atoms with E-state index in [1.54, 1.807) is 0 Å².